The largest absolute Gasteiger partial charge is 0.461 e. The molecule has 224 valence electrons. The number of hydrogen-bond acceptors (Lipinski definition) is 11. The van der Waals surface area contributed by atoms with Gasteiger partial charge in [0, 0.05) is 45.7 Å². The van der Waals surface area contributed by atoms with Crippen molar-refractivity contribution >= 4 is 34.3 Å². The van der Waals surface area contributed by atoms with Crippen LogP contribution in [0.1, 0.15) is 77.0 Å². The van der Waals surface area contributed by atoms with Crippen molar-refractivity contribution in [2.24, 2.45) is 0 Å². The van der Waals surface area contributed by atoms with Crippen LogP contribution in [-0.4, -0.2) is 53.9 Å². The summed E-state index contributed by atoms with van der Waals surface area (Å²) in [7, 11) is 0. The van der Waals surface area contributed by atoms with Crippen LogP contribution in [-0.2, 0) is 9.47 Å². The molecule has 0 amide bonds. The molecule has 12 nitrogen and oxygen atoms in total. The van der Waals surface area contributed by atoms with Crippen molar-refractivity contribution in [3.05, 3.63) is 65.9 Å². The van der Waals surface area contributed by atoms with Gasteiger partial charge < -0.3 is 20.5 Å². The molecule has 5 aromatic rings. The Bertz CT molecular complexity index is 1960. The lowest BCUT2D eigenvalue weighted by Gasteiger charge is -2.23. The Hall–Kier alpha value is -4.97. The molecule has 2 fully saturated rings. The normalized spacial score (nSPS) is 17.9. The van der Waals surface area contributed by atoms with E-state index < -0.39 is 12.8 Å². The SMILES string of the molecule is [2H]C([2H])([2H])c1ccc2c(cnn2C2CCCCO2)c1-c1nc(-c2ccc(C3CC3)nc2Nc2ncccn2)nc(C(=O)OCC)c1N. The zero-order valence-electron chi connectivity index (χ0n) is 27.2. The highest BCUT2D eigenvalue weighted by Crippen LogP contribution is 2.42. The van der Waals surface area contributed by atoms with Gasteiger partial charge in [-0.3, -0.25) is 0 Å². The molecule has 3 N–H and O–H groups in total. The summed E-state index contributed by atoms with van der Waals surface area (Å²) in [6.07, 6.45) is 9.28. The van der Waals surface area contributed by atoms with Gasteiger partial charge in [0.05, 0.1) is 35.3 Å². The number of nitrogen functional groups attached to an aromatic ring is 1. The lowest BCUT2D eigenvalue weighted by atomic mass is 9.98. The maximum Gasteiger partial charge on any atom is 0.359 e. The number of nitrogens with zero attached hydrogens (tertiary/aromatic N) is 7. The maximum atomic E-state index is 13.3. The number of fused-ring (bicyclic) bond motifs is 1. The second-order valence-corrected chi connectivity index (χ2v) is 10.8. The summed E-state index contributed by atoms with van der Waals surface area (Å²) in [4.78, 5) is 36.2. The van der Waals surface area contributed by atoms with E-state index >= 15 is 0 Å². The monoisotopic (exact) mass is 594 g/mol. The number of esters is 1. The molecule has 0 radical (unpaired) electrons. The molecule has 0 bridgehead atoms. The third-order valence-corrected chi connectivity index (χ3v) is 7.81. The summed E-state index contributed by atoms with van der Waals surface area (Å²) in [5.74, 6) is 0.336. The number of ether oxygens (including phenoxy) is 2. The van der Waals surface area contributed by atoms with Gasteiger partial charge in [-0.2, -0.15) is 5.10 Å². The first-order chi connectivity index (χ1) is 22.7. The van der Waals surface area contributed by atoms with Crippen molar-refractivity contribution < 1.29 is 18.4 Å². The number of carbonyl (C=O) groups excluding carboxylic acids is 1. The lowest BCUT2D eigenvalue weighted by Crippen LogP contribution is -2.19. The Labute approximate surface area is 258 Å². The highest BCUT2D eigenvalue weighted by atomic mass is 16.5. The van der Waals surface area contributed by atoms with E-state index in [0.29, 0.717) is 40.8 Å². The lowest BCUT2D eigenvalue weighted by molar-refractivity contribution is -0.0366. The minimum absolute atomic E-state index is 0.00138. The van der Waals surface area contributed by atoms with Gasteiger partial charge in [-0.25, -0.2) is 34.4 Å². The smallest absolute Gasteiger partial charge is 0.359 e. The molecular weight excluding hydrogens is 558 g/mol. The fourth-order valence-electron chi connectivity index (χ4n) is 5.48. The predicted octanol–water partition coefficient (Wildman–Crippen LogP) is 5.73. The summed E-state index contributed by atoms with van der Waals surface area (Å²) < 4.78 is 38.4. The fraction of sp³-hybridized carbons (Fsp3) is 0.344. The minimum Gasteiger partial charge on any atom is -0.461 e. The Balaban J connectivity index is 1.47. The van der Waals surface area contributed by atoms with Crippen LogP contribution in [0, 0.1) is 6.85 Å². The van der Waals surface area contributed by atoms with Crippen molar-refractivity contribution in [3.63, 3.8) is 0 Å². The van der Waals surface area contributed by atoms with E-state index in [0.717, 1.165) is 37.8 Å². The highest BCUT2D eigenvalue weighted by Gasteiger charge is 2.29. The molecule has 7 rings (SSSR count). The van der Waals surface area contributed by atoms with Crippen LogP contribution in [0.15, 0.2) is 48.9 Å². The average molecular weight is 595 g/mol. The van der Waals surface area contributed by atoms with Crippen molar-refractivity contribution in [2.75, 3.05) is 24.3 Å². The molecule has 44 heavy (non-hydrogen) atoms. The van der Waals surface area contributed by atoms with Gasteiger partial charge in [0.15, 0.2) is 17.7 Å². The van der Waals surface area contributed by atoms with Crippen LogP contribution in [0.5, 0.6) is 0 Å². The average Bonchev–Trinajstić information content (AvgIpc) is 3.83. The summed E-state index contributed by atoms with van der Waals surface area (Å²) in [5.41, 5.74) is 8.61. The van der Waals surface area contributed by atoms with E-state index in [-0.39, 0.29) is 46.9 Å². The topological polar surface area (TPSA) is 156 Å². The second-order valence-electron chi connectivity index (χ2n) is 10.8. The van der Waals surface area contributed by atoms with E-state index in [9.17, 15) is 4.79 Å². The molecule has 1 unspecified atom stereocenters. The molecular formula is C32H33N9O3. The molecule has 1 atom stereocenters. The number of anilines is 3. The van der Waals surface area contributed by atoms with Gasteiger partial charge in [0.2, 0.25) is 5.95 Å². The Morgan fingerprint density at radius 2 is 2.00 bits per heavy atom. The van der Waals surface area contributed by atoms with Crippen molar-refractivity contribution in [3.8, 4) is 22.6 Å². The number of pyridine rings is 1. The number of nitrogens with two attached hydrogens (primary N) is 1. The Kier molecular flexibility index (Phi) is 6.45. The third-order valence-electron chi connectivity index (χ3n) is 7.81. The summed E-state index contributed by atoms with van der Waals surface area (Å²) in [6, 6.07) is 8.67. The van der Waals surface area contributed by atoms with Gasteiger partial charge in [0.1, 0.15) is 5.82 Å². The fourth-order valence-corrected chi connectivity index (χ4v) is 5.48. The Morgan fingerprint density at radius 1 is 1.14 bits per heavy atom. The number of carbonyl (C=O) groups is 1. The van der Waals surface area contributed by atoms with E-state index in [4.69, 9.17) is 29.3 Å². The zero-order valence-corrected chi connectivity index (χ0v) is 24.2. The first-order valence-corrected chi connectivity index (χ1v) is 14.8. The van der Waals surface area contributed by atoms with Gasteiger partial charge in [-0.05, 0) is 75.7 Å². The van der Waals surface area contributed by atoms with Gasteiger partial charge in [-0.1, -0.05) is 6.07 Å². The van der Waals surface area contributed by atoms with E-state index in [2.05, 4.69) is 25.4 Å². The highest BCUT2D eigenvalue weighted by molar-refractivity contribution is 6.03. The summed E-state index contributed by atoms with van der Waals surface area (Å²) >= 11 is 0. The maximum absolute atomic E-state index is 13.3. The number of aryl methyl sites for hydroxylation is 1. The van der Waals surface area contributed by atoms with Crippen LogP contribution in [0.3, 0.4) is 0 Å². The first-order valence-electron chi connectivity index (χ1n) is 16.3. The summed E-state index contributed by atoms with van der Waals surface area (Å²) in [6.45, 7) is -0.198. The minimum atomic E-state index is -2.56. The van der Waals surface area contributed by atoms with Crippen LogP contribution < -0.4 is 11.1 Å². The molecule has 0 spiro atoms. The van der Waals surface area contributed by atoms with Crippen LogP contribution in [0.25, 0.3) is 33.5 Å². The number of rotatable bonds is 8. The molecule has 1 saturated carbocycles. The Morgan fingerprint density at radius 3 is 2.75 bits per heavy atom. The molecule has 12 heteroatoms. The number of nitrogens with one attached hydrogen (secondary N) is 1. The summed E-state index contributed by atoms with van der Waals surface area (Å²) in [5, 5.41) is 8.28. The van der Waals surface area contributed by atoms with E-state index in [1.807, 2.05) is 12.1 Å². The van der Waals surface area contributed by atoms with Gasteiger partial charge >= 0.3 is 5.97 Å². The molecule has 1 aliphatic carbocycles. The molecule has 2 aliphatic rings. The quantitative estimate of drug-likeness (QED) is 0.211. The number of hydrogen-bond donors (Lipinski definition) is 2. The number of benzene rings is 1. The molecule has 4 aromatic heterocycles. The van der Waals surface area contributed by atoms with Crippen molar-refractivity contribution in [1.29, 1.82) is 0 Å². The third kappa shape index (κ3) is 5.21. The van der Waals surface area contributed by atoms with Crippen LogP contribution in [0.4, 0.5) is 17.5 Å². The van der Waals surface area contributed by atoms with Crippen LogP contribution >= 0.6 is 0 Å². The molecule has 1 aromatic carbocycles. The first kappa shape index (κ1) is 24.5. The van der Waals surface area contributed by atoms with Gasteiger partial charge in [-0.15, -0.1) is 0 Å². The molecule has 5 heterocycles. The molecule has 1 saturated heterocycles. The predicted molar refractivity (Wildman–Crippen MR) is 165 cm³/mol. The van der Waals surface area contributed by atoms with E-state index in [1.165, 1.54) is 6.07 Å². The van der Waals surface area contributed by atoms with Gasteiger partial charge in [0.25, 0.3) is 0 Å². The number of aromatic nitrogens is 7. The second kappa shape index (κ2) is 11.6. The zero-order chi connectivity index (χ0) is 32.7. The van der Waals surface area contributed by atoms with Crippen LogP contribution in [0.2, 0.25) is 0 Å². The standard InChI is InChI=1S/C32H33N9O3/c1-3-43-31(42)28-26(33)27(25-18(2)8-13-23-21(25)17-36-41(23)24-7-4-5-16-44-24)38-30(39-28)20-11-12-22(19-9-10-19)37-29(20)40-32-34-14-6-15-35-32/h6,8,11-15,17,19,24H,3-5,7,9-10,16,33H2,1-2H3,(H,34,35,37,40)/i2D3. The van der Waals surface area contributed by atoms with Crippen molar-refractivity contribution in [2.45, 2.75) is 58.0 Å². The van der Waals surface area contributed by atoms with E-state index in [1.54, 1.807) is 42.3 Å². The van der Waals surface area contributed by atoms with Crippen molar-refractivity contribution in [1.82, 2.24) is 34.7 Å². The molecule has 1 aliphatic heterocycles.